The van der Waals surface area contributed by atoms with Crippen molar-refractivity contribution in [3.05, 3.63) is 82.9 Å². The van der Waals surface area contributed by atoms with Crippen LogP contribution >= 0.6 is 24.8 Å². The van der Waals surface area contributed by atoms with E-state index in [1.807, 2.05) is 45.0 Å². The number of fused-ring (bicyclic) bond motifs is 1. The second kappa shape index (κ2) is 14.6. The maximum absolute atomic E-state index is 6.17. The highest BCUT2D eigenvalue weighted by Gasteiger charge is 2.20. The Bertz CT molecular complexity index is 1140. The van der Waals surface area contributed by atoms with E-state index in [4.69, 9.17) is 23.9 Å². The summed E-state index contributed by atoms with van der Waals surface area (Å²) in [6, 6.07) is 20.5. The van der Waals surface area contributed by atoms with Crippen molar-refractivity contribution in [2.24, 2.45) is 4.99 Å². The van der Waals surface area contributed by atoms with E-state index in [2.05, 4.69) is 36.4 Å². The predicted octanol–water partition coefficient (Wildman–Crippen LogP) is 6.89. The molecule has 0 atom stereocenters. The lowest BCUT2D eigenvalue weighted by Gasteiger charge is -2.21. The van der Waals surface area contributed by atoms with Gasteiger partial charge in [0, 0.05) is 24.2 Å². The molecule has 0 saturated heterocycles. The molecule has 3 aromatic rings. The van der Waals surface area contributed by atoms with Gasteiger partial charge in [-0.1, -0.05) is 36.4 Å². The first-order valence-corrected chi connectivity index (χ1v) is 12.1. The van der Waals surface area contributed by atoms with E-state index in [1.54, 1.807) is 0 Å². The first kappa shape index (κ1) is 29.3. The van der Waals surface area contributed by atoms with Gasteiger partial charge in [-0.2, -0.15) is 0 Å². The number of aliphatic imine (C=N–C) groups is 1. The molecule has 0 bridgehead atoms. The highest BCUT2D eigenvalue weighted by atomic mass is 35.5. The van der Waals surface area contributed by atoms with Crippen LogP contribution in [0.4, 0.5) is 0 Å². The zero-order valence-electron chi connectivity index (χ0n) is 21.1. The maximum atomic E-state index is 6.17. The SMILES string of the molecule is CCOc1cc2c(cc1OCC)C(Cc1ccc(OCC)c(OCc3ccccc3)c1)=NCC2.Cl.Cl. The fraction of sp³-hybridized carbons (Fsp3) is 0.345. The smallest absolute Gasteiger partial charge is 0.161 e. The zero-order valence-corrected chi connectivity index (χ0v) is 22.8. The highest BCUT2D eigenvalue weighted by Crippen LogP contribution is 2.35. The average Bonchev–Trinajstić information content (AvgIpc) is 2.86. The predicted molar refractivity (Wildman–Crippen MR) is 150 cm³/mol. The Morgan fingerprint density at radius 2 is 1.31 bits per heavy atom. The molecule has 0 N–H and O–H groups in total. The van der Waals surface area contributed by atoms with Crippen LogP contribution in [0.25, 0.3) is 0 Å². The summed E-state index contributed by atoms with van der Waals surface area (Å²) in [6.07, 6.45) is 1.61. The number of nitrogens with zero attached hydrogens (tertiary/aromatic N) is 1. The molecule has 5 nitrogen and oxygen atoms in total. The fourth-order valence-corrected chi connectivity index (χ4v) is 4.14. The van der Waals surface area contributed by atoms with E-state index in [1.165, 1.54) is 5.56 Å². The molecule has 1 aliphatic rings. The molecule has 0 unspecified atom stereocenters. The summed E-state index contributed by atoms with van der Waals surface area (Å²) in [6.45, 7) is 9.01. The Balaban J connectivity index is 0.00000228. The van der Waals surface area contributed by atoms with Crippen molar-refractivity contribution in [3.8, 4) is 23.0 Å². The Kier molecular flexibility index (Phi) is 11.9. The van der Waals surface area contributed by atoms with Gasteiger partial charge < -0.3 is 18.9 Å². The van der Waals surface area contributed by atoms with E-state index in [0.29, 0.717) is 32.8 Å². The van der Waals surface area contributed by atoms with Crippen molar-refractivity contribution >= 4 is 30.5 Å². The van der Waals surface area contributed by atoms with Gasteiger partial charge in [-0.05, 0) is 68.1 Å². The summed E-state index contributed by atoms with van der Waals surface area (Å²) in [7, 11) is 0. The molecule has 36 heavy (non-hydrogen) atoms. The van der Waals surface area contributed by atoms with Gasteiger partial charge in [0.2, 0.25) is 0 Å². The Labute approximate surface area is 226 Å². The van der Waals surface area contributed by atoms with Crippen molar-refractivity contribution in [3.63, 3.8) is 0 Å². The van der Waals surface area contributed by atoms with Crippen LogP contribution < -0.4 is 18.9 Å². The summed E-state index contributed by atoms with van der Waals surface area (Å²) >= 11 is 0. The van der Waals surface area contributed by atoms with E-state index in [9.17, 15) is 0 Å². The van der Waals surface area contributed by atoms with Gasteiger partial charge in [0.25, 0.3) is 0 Å². The molecular formula is C29H35Cl2NO4. The van der Waals surface area contributed by atoms with Gasteiger partial charge in [-0.15, -0.1) is 24.8 Å². The Hall–Kier alpha value is -2.89. The van der Waals surface area contributed by atoms with E-state index < -0.39 is 0 Å². The minimum absolute atomic E-state index is 0. The molecule has 1 heterocycles. The molecule has 0 fully saturated rings. The zero-order chi connectivity index (χ0) is 23.8. The number of halogens is 2. The number of rotatable bonds is 11. The van der Waals surface area contributed by atoms with Crippen LogP contribution in [-0.4, -0.2) is 32.1 Å². The van der Waals surface area contributed by atoms with Crippen molar-refractivity contribution in [1.29, 1.82) is 0 Å². The van der Waals surface area contributed by atoms with Gasteiger partial charge in [0.1, 0.15) is 6.61 Å². The van der Waals surface area contributed by atoms with Crippen LogP contribution in [0.3, 0.4) is 0 Å². The monoisotopic (exact) mass is 531 g/mol. The second-order valence-electron chi connectivity index (χ2n) is 8.07. The van der Waals surface area contributed by atoms with Gasteiger partial charge >= 0.3 is 0 Å². The fourth-order valence-electron chi connectivity index (χ4n) is 4.14. The van der Waals surface area contributed by atoms with Gasteiger partial charge in [-0.25, -0.2) is 0 Å². The first-order valence-electron chi connectivity index (χ1n) is 12.1. The van der Waals surface area contributed by atoms with Gasteiger partial charge in [0.05, 0.1) is 19.8 Å². The van der Waals surface area contributed by atoms with Crippen LogP contribution in [-0.2, 0) is 19.4 Å². The molecule has 0 aromatic heterocycles. The van der Waals surface area contributed by atoms with Crippen molar-refractivity contribution in [2.75, 3.05) is 26.4 Å². The molecule has 4 rings (SSSR count). The largest absolute Gasteiger partial charge is 0.490 e. The van der Waals surface area contributed by atoms with Crippen molar-refractivity contribution in [2.45, 2.75) is 40.2 Å². The minimum atomic E-state index is 0. The number of hydrogen-bond donors (Lipinski definition) is 0. The Morgan fingerprint density at radius 1 is 0.667 bits per heavy atom. The molecule has 7 heteroatoms. The quantitative estimate of drug-likeness (QED) is 0.270. The number of benzene rings is 3. The highest BCUT2D eigenvalue weighted by molar-refractivity contribution is 6.04. The summed E-state index contributed by atoms with van der Waals surface area (Å²) in [5.74, 6) is 3.09. The standard InChI is InChI=1S/C29H33NO4.2ClH/c1-4-31-26-13-12-22(17-27(26)34-20-21-10-8-7-9-11-21)16-25-24-19-29(33-6-3)28(32-5-2)18-23(24)14-15-30-25;;/h7-13,17-19H,4-6,14-16,20H2,1-3H3;2*1H. The first-order chi connectivity index (χ1) is 16.7. The third-order valence-corrected chi connectivity index (χ3v) is 5.68. The van der Waals surface area contributed by atoms with E-state index >= 15 is 0 Å². The minimum Gasteiger partial charge on any atom is -0.490 e. The summed E-state index contributed by atoms with van der Waals surface area (Å²) < 4.78 is 23.7. The lowest BCUT2D eigenvalue weighted by molar-refractivity contribution is 0.269. The van der Waals surface area contributed by atoms with Crippen molar-refractivity contribution in [1.82, 2.24) is 0 Å². The molecular weight excluding hydrogens is 497 g/mol. The van der Waals surface area contributed by atoms with Gasteiger partial charge in [0.15, 0.2) is 23.0 Å². The lowest BCUT2D eigenvalue weighted by Crippen LogP contribution is -2.16. The Morgan fingerprint density at radius 3 is 2.00 bits per heavy atom. The molecule has 3 aromatic carbocycles. The topological polar surface area (TPSA) is 49.3 Å². The van der Waals surface area contributed by atoms with Gasteiger partial charge in [-0.3, -0.25) is 4.99 Å². The third kappa shape index (κ3) is 7.31. The second-order valence-corrected chi connectivity index (χ2v) is 8.07. The molecule has 0 saturated carbocycles. The molecule has 0 aliphatic carbocycles. The van der Waals surface area contributed by atoms with Crippen LogP contribution in [0.15, 0.2) is 65.7 Å². The summed E-state index contributed by atoms with van der Waals surface area (Å²) in [5, 5.41) is 0. The average molecular weight is 533 g/mol. The van der Waals surface area contributed by atoms with Crippen LogP contribution in [0, 0.1) is 0 Å². The van der Waals surface area contributed by atoms with Crippen LogP contribution in [0.5, 0.6) is 23.0 Å². The molecule has 0 radical (unpaired) electrons. The normalized spacial score (nSPS) is 11.8. The number of ether oxygens (including phenoxy) is 4. The third-order valence-electron chi connectivity index (χ3n) is 5.68. The van der Waals surface area contributed by atoms with Crippen LogP contribution in [0.1, 0.15) is 43.0 Å². The van der Waals surface area contributed by atoms with E-state index in [-0.39, 0.29) is 24.8 Å². The lowest BCUT2D eigenvalue weighted by atomic mass is 9.93. The number of hydrogen-bond acceptors (Lipinski definition) is 5. The summed E-state index contributed by atoms with van der Waals surface area (Å²) in [4.78, 5) is 4.87. The maximum Gasteiger partial charge on any atom is 0.161 e. The van der Waals surface area contributed by atoms with Crippen LogP contribution in [0.2, 0.25) is 0 Å². The van der Waals surface area contributed by atoms with E-state index in [0.717, 1.165) is 58.4 Å². The molecule has 194 valence electrons. The molecule has 1 aliphatic heterocycles. The summed E-state index contributed by atoms with van der Waals surface area (Å²) in [5.41, 5.74) is 5.70. The van der Waals surface area contributed by atoms with Crippen molar-refractivity contribution < 1.29 is 18.9 Å². The molecule has 0 spiro atoms. The molecule has 0 amide bonds.